The molecule has 156 valence electrons. The predicted molar refractivity (Wildman–Crippen MR) is 113 cm³/mol. The maximum Gasteiger partial charge on any atom is 0.229 e. The fourth-order valence-corrected chi connectivity index (χ4v) is 3.74. The third-order valence-electron chi connectivity index (χ3n) is 5.36. The second-order valence-corrected chi connectivity index (χ2v) is 7.72. The Morgan fingerprint density at radius 3 is 2.90 bits per heavy atom. The topological polar surface area (TPSA) is 85.0 Å². The number of aryl methyl sites for hydroxylation is 2. The number of benzene rings is 1. The van der Waals surface area contributed by atoms with Crippen molar-refractivity contribution in [3.05, 3.63) is 66.5 Å². The fraction of sp³-hybridized carbons (Fsp3) is 0.364. The van der Waals surface area contributed by atoms with Crippen LogP contribution in [-0.4, -0.2) is 49.1 Å². The Morgan fingerprint density at radius 2 is 2.13 bits per heavy atom. The molecule has 4 rings (SSSR count). The molecule has 1 fully saturated rings. The number of imidazole rings is 1. The lowest BCUT2D eigenvalue weighted by Crippen LogP contribution is -2.32. The number of carbonyl (C=O) groups excluding carboxylic acids is 2. The lowest BCUT2D eigenvalue weighted by atomic mass is 10.1. The average molecular weight is 406 g/mol. The van der Waals surface area contributed by atoms with Crippen molar-refractivity contribution >= 4 is 17.5 Å². The molecule has 2 aromatic heterocycles. The molecule has 1 atom stereocenters. The Labute approximate surface area is 175 Å². The third kappa shape index (κ3) is 4.94. The Bertz CT molecular complexity index is 1010. The molecule has 1 aliphatic rings. The van der Waals surface area contributed by atoms with Crippen LogP contribution in [0.25, 0.3) is 0 Å². The summed E-state index contributed by atoms with van der Waals surface area (Å²) in [6.45, 7) is 4.28. The molecule has 30 heavy (non-hydrogen) atoms. The molecule has 0 bridgehead atoms. The predicted octanol–water partition coefficient (Wildman–Crippen LogP) is 2.31. The minimum absolute atomic E-state index is 0.0345. The van der Waals surface area contributed by atoms with Crippen LogP contribution in [0.1, 0.15) is 24.1 Å². The van der Waals surface area contributed by atoms with Crippen LogP contribution >= 0.6 is 0 Å². The van der Waals surface area contributed by atoms with Crippen molar-refractivity contribution in [2.75, 3.05) is 18.4 Å². The van der Waals surface area contributed by atoms with Crippen LogP contribution < -0.4 is 5.32 Å². The summed E-state index contributed by atoms with van der Waals surface area (Å²) in [7, 11) is 0. The summed E-state index contributed by atoms with van der Waals surface area (Å²) in [6, 6.07) is 9.74. The minimum Gasteiger partial charge on any atom is -0.342 e. The fourth-order valence-electron chi connectivity index (χ4n) is 3.74. The van der Waals surface area contributed by atoms with Gasteiger partial charge in [-0.15, -0.1) is 0 Å². The Kier molecular flexibility index (Phi) is 5.92. The summed E-state index contributed by atoms with van der Waals surface area (Å²) < 4.78 is 3.76. The van der Waals surface area contributed by atoms with E-state index in [1.54, 1.807) is 22.1 Å². The van der Waals surface area contributed by atoms with Crippen molar-refractivity contribution in [1.29, 1.82) is 0 Å². The molecule has 0 radical (unpaired) electrons. The molecule has 0 aliphatic carbocycles. The zero-order valence-electron chi connectivity index (χ0n) is 17.1. The monoisotopic (exact) mass is 406 g/mol. The van der Waals surface area contributed by atoms with Crippen LogP contribution in [-0.2, 0) is 22.7 Å². The molecule has 1 N–H and O–H groups in total. The highest BCUT2D eigenvalue weighted by molar-refractivity contribution is 5.93. The van der Waals surface area contributed by atoms with Crippen molar-refractivity contribution in [3.8, 4) is 0 Å². The van der Waals surface area contributed by atoms with E-state index in [1.807, 2.05) is 54.2 Å². The maximum atomic E-state index is 12.7. The van der Waals surface area contributed by atoms with E-state index >= 15 is 0 Å². The first kappa shape index (κ1) is 19.9. The van der Waals surface area contributed by atoms with Crippen LogP contribution in [0, 0.1) is 12.8 Å². The van der Waals surface area contributed by atoms with Gasteiger partial charge in [0.2, 0.25) is 11.8 Å². The zero-order valence-corrected chi connectivity index (χ0v) is 17.1. The van der Waals surface area contributed by atoms with Gasteiger partial charge in [-0.05, 0) is 37.1 Å². The Hall–Kier alpha value is -3.42. The summed E-state index contributed by atoms with van der Waals surface area (Å²) >= 11 is 0. The highest BCUT2D eigenvalue weighted by atomic mass is 16.2. The molecule has 3 aromatic rings. The highest BCUT2D eigenvalue weighted by Gasteiger charge is 2.30. The van der Waals surface area contributed by atoms with E-state index < -0.39 is 0 Å². The number of rotatable bonds is 7. The van der Waals surface area contributed by atoms with Gasteiger partial charge in [0.15, 0.2) is 0 Å². The summed E-state index contributed by atoms with van der Waals surface area (Å²) in [5.74, 6) is -0.147. The van der Waals surface area contributed by atoms with Gasteiger partial charge in [0.1, 0.15) is 0 Å². The van der Waals surface area contributed by atoms with Crippen molar-refractivity contribution in [2.24, 2.45) is 5.92 Å². The second-order valence-electron chi connectivity index (χ2n) is 7.72. The number of nitrogens with one attached hydrogen (secondary N) is 1. The van der Waals surface area contributed by atoms with E-state index in [-0.39, 0.29) is 17.7 Å². The maximum absolute atomic E-state index is 12.7. The molecule has 2 amide bonds. The van der Waals surface area contributed by atoms with Gasteiger partial charge in [0.25, 0.3) is 0 Å². The van der Waals surface area contributed by atoms with E-state index in [2.05, 4.69) is 15.4 Å². The number of aromatic nitrogens is 4. The number of amides is 2. The van der Waals surface area contributed by atoms with Crippen LogP contribution in [0.5, 0.6) is 0 Å². The van der Waals surface area contributed by atoms with Gasteiger partial charge in [0, 0.05) is 56.9 Å². The molecule has 0 saturated carbocycles. The normalized spacial score (nSPS) is 16.0. The first-order valence-corrected chi connectivity index (χ1v) is 10.2. The summed E-state index contributed by atoms with van der Waals surface area (Å²) in [5.41, 5.74) is 2.80. The summed E-state index contributed by atoms with van der Waals surface area (Å²) in [4.78, 5) is 31.0. The molecule has 1 aromatic carbocycles. The molecule has 1 saturated heterocycles. The van der Waals surface area contributed by atoms with Gasteiger partial charge >= 0.3 is 0 Å². The summed E-state index contributed by atoms with van der Waals surface area (Å²) in [5, 5.41) is 7.31. The minimum atomic E-state index is -0.182. The number of carbonyl (C=O) groups is 2. The van der Waals surface area contributed by atoms with Crippen LogP contribution in [0.15, 0.2) is 55.2 Å². The van der Waals surface area contributed by atoms with Crippen molar-refractivity contribution in [2.45, 2.75) is 32.9 Å². The quantitative estimate of drug-likeness (QED) is 0.653. The van der Waals surface area contributed by atoms with Crippen molar-refractivity contribution in [3.63, 3.8) is 0 Å². The van der Waals surface area contributed by atoms with E-state index in [4.69, 9.17) is 0 Å². The number of likely N-dealkylation sites (tertiary alicyclic amines) is 1. The third-order valence-corrected chi connectivity index (χ3v) is 5.36. The second kappa shape index (κ2) is 8.94. The van der Waals surface area contributed by atoms with Crippen molar-refractivity contribution in [1.82, 2.24) is 24.2 Å². The molecule has 8 nitrogen and oxygen atoms in total. The van der Waals surface area contributed by atoms with Crippen molar-refractivity contribution < 1.29 is 9.59 Å². The zero-order chi connectivity index (χ0) is 20.9. The molecule has 1 aliphatic heterocycles. The van der Waals surface area contributed by atoms with Crippen LogP contribution in [0.3, 0.4) is 0 Å². The van der Waals surface area contributed by atoms with Gasteiger partial charge in [-0.1, -0.05) is 12.1 Å². The number of hydrogen-bond acceptors (Lipinski definition) is 4. The molecular weight excluding hydrogens is 380 g/mol. The van der Waals surface area contributed by atoms with Gasteiger partial charge in [-0.25, -0.2) is 4.98 Å². The Balaban J connectivity index is 1.28. The van der Waals surface area contributed by atoms with E-state index in [0.29, 0.717) is 39.0 Å². The van der Waals surface area contributed by atoms with Crippen LogP contribution in [0.2, 0.25) is 0 Å². The highest BCUT2D eigenvalue weighted by Crippen LogP contribution is 2.20. The average Bonchev–Trinajstić information content (AvgIpc) is 3.48. The summed E-state index contributed by atoms with van der Waals surface area (Å²) in [6.07, 6.45) is 8.38. The van der Waals surface area contributed by atoms with E-state index in [9.17, 15) is 9.59 Å². The largest absolute Gasteiger partial charge is 0.342 e. The smallest absolute Gasteiger partial charge is 0.229 e. The number of hydrogen-bond donors (Lipinski definition) is 1. The van der Waals surface area contributed by atoms with E-state index in [0.717, 1.165) is 16.9 Å². The molecule has 0 spiro atoms. The SMILES string of the molecule is Cc1ccn(CCC(=O)N2CCC(C(=O)Nc3cccc(Cn4ccnc4)c3)C2)n1. The standard InChI is InChI=1S/C22H26N6O2/c1-17-5-10-28(25-17)11-7-21(29)27-9-6-19(15-27)22(30)24-20-4-2-3-18(13-20)14-26-12-8-23-16-26/h2-5,8,10,12-13,16,19H,6-7,9,11,14-15H2,1H3,(H,24,30). The Morgan fingerprint density at radius 1 is 1.23 bits per heavy atom. The lowest BCUT2D eigenvalue weighted by molar-refractivity contribution is -0.130. The molecule has 1 unspecified atom stereocenters. The first-order chi connectivity index (χ1) is 14.6. The van der Waals surface area contributed by atoms with E-state index in [1.165, 1.54) is 0 Å². The molecular formula is C22H26N6O2. The van der Waals surface area contributed by atoms with Gasteiger partial charge < -0.3 is 14.8 Å². The molecule has 8 heteroatoms. The lowest BCUT2D eigenvalue weighted by Gasteiger charge is -2.17. The van der Waals surface area contributed by atoms with Gasteiger partial charge in [-0.2, -0.15) is 5.10 Å². The number of anilines is 1. The molecule has 3 heterocycles. The van der Waals surface area contributed by atoms with Crippen LogP contribution in [0.4, 0.5) is 5.69 Å². The first-order valence-electron chi connectivity index (χ1n) is 10.2. The van der Waals surface area contributed by atoms with Gasteiger partial charge in [0.05, 0.1) is 17.9 Å². The van der Waals surface area contributed by atoms with Gasteiger partial charge in [-0.3, -0.25) is 14.3 Å². The number of nitrogens with zero attached hydrogens (tertiary/aromatic N) is 5.